The van der Waals surface area contributed by atoms with Crippen LogP contribution in [0.4, 0.5) is 5.82 Å². The Morgan fingerprint density at radius 2 is 1.96 bits per heavy atom. The molecule has 23 heavy (non-hydrogen) atoms. The molecule has 0 spiro atoms. The van der Waals surface area contributed by atoms with Crippen LogP contribution in [0.25, 0.3) is 11.1 Å². The normalized spacial score (nSPS) is 29.5. The Kier molecular flexibility index (Phi) is 4.00. The van der Waals surface area contributed by atoms with Gasteiger partial charge in [0.25, 0.3) is 0 Å². The van der Waals surface area contributed by atoms with E-state index in [1.165, 1.54) is 25.9 Å². The molecule has 3 fully saturated rings. The number of nitrogens with one attached hydrogen (secondary N) is 1. The van der Waals surface area contributed by atoms with Crippen LogP contribution < -0.4 is 5.32 Å². The second-order valence-corrected chi connectivity index (χ2v) is 7.16. The summed E-state index contributed by atoms with van der Waals surface area (Å²) < 4.78 is 0. The Morgan fingerprint density at radius 1 is 1.13 bits per heavy atom. The molecule has 3 saturated heterocycles. The SMILES string of the molecule is CC1C(Nc2ccc(-c3cccc(Cl)c3)cn2)C2CCN1CC2. The summed E-state index contributed by atoms with van der Waals surface area (Å²) in [7, 11) is 0. The molecule has 1 aromatic carbocycles. The Morgan fingerprint density at radius 3 is 2.61 bits per heavy atom. The Bertz CT molecular complexity index is 675. The molecule has 120 valence electrons. The van der Waals surface area contributed by atoms with E-state index in [1.54, 1.807) is 0 Å². The zero-order valence-electron chi connectivity index (χ0n) is 13.4. The fourth-order valence-corrected chi connectivity index (χ4v) is 4.22. The van der Waals surface area contributed by atoms with Crippen LogP contribution in [0, 0.1) is 5.92 Å². The second kappa shape index (κ2) is 6.14. The monoisotopic (exact) mass is 327 g/mol. The lowest BCUT2D eigenvalue weighted by atomic mass is 9.79. The third-order valence-corrected chi connectivity index (χ3v) is 5.65. The predicted molar refractivity (Wildman–Crippen MR) is 95.9 cm³/mol. The molecule has 3 aliphatic rings. The lowest BCUT2D eigenvalue weighted by Crippen LogP contribution is -2.59. The largest absolute Gasteiger partial charge is 0.365 e. The number of hydrogen-bond donors (Lipinski definition) is 1. The average molecular weight is 328 g/mol. The van der Waals surface area contributed by atoms with Crippen LogP contribution in [0.5, 0.6) is 0 Å². The second-order valence-electron chi connectivity index (χ2n) is 6.73. The van der Waals surface area contributed by atoms with Gasteiger partial charge in [0.2, 0.25) is 0 Å². The number of halogens is 1. The standard InChI is InChI=1S/C19H22ClN3/c1-13-19(14-7-9-23(13)10-8-14)22-18-6-5-16(12-21-18)15-3-2-4-17(20)11-15/h2-6,11-14,19H,7-10H2,1H3,(H,21,22). The third-order valence-electron chi connectivity index (χ3n) is 5.41. The van der Waals surface area contributed by atoms with Crippen molar-refractivity contribution < 1.29 is 0 Å². The maximum atomic E-state index is 6.07. The highest BCUT2D eigenvalue weighted by Gasteiger charge is 2.39. The van der Waals surface area contributed by atoms with Crippen molar-refractivity contribution in [2.75, 3.05) is 18.4 Å². The molecule has 0 radical (unpaired) electrons. The smallest absolute Gasteiger partial charge is 0.126 e. The first-order chi connectivity index (χ1) is 11.2. The topological polar surface area (TPSA) is 28.2 Å². The first-order valence-corrected chi connectivity index (χ1v) is 8.81. The highest BCUT2D eigenvalue weighted by Crippen LogP contribution is 2.34. The Balaban J connectivity index is 1.50. The average Bonchev–Trinajstić information content (AvgIpc) is 2.59. The molecule has 1 N–H and O–H groups in total. The highest BCUT2D eigenvalue weighted by atomic mass is 35.5. The highest BCUT2D eigenvalue weighted by molar-refractivity contribution is 6.30. The number of rotatable bonds is 3. The van der Waals surface area contributed by atoms with Gasteiger partial charge in [0.1, 0.15) is 5.82 Å². The van der Waals surface area contributed by atoms with Crippen molar-refractivity contribution in [3.8, 4) is 11.1 Å². The van der Waals surface area contributed by atoms with Gasteiger partial charge in [0.05, 0.1) is 0 Å². The van der Waals surface area contributed by atoms with Crippen molar-refractivity contribution in [2.45, 2.75) is 31.8 Å². The van der Waals surface area contributed by atoms with Gasteiger partial charge in [-0.05, 0) is 68.6 Å². The van der Waals surface area contributed by atoms with E-state index >= 15 is 0 Å². The van der Waals surface area contributed by atoms with Crippen LogP contribution in [0.15, 0.2) is 42.6 Å². The van der Waals surface area contributed by atoms with Crippen LogP contribution in [0.2, 0.25) is 5.02 Å². The van der Waals surface area contributed by atoms with E-state index in [2.05, 4.69) is 40.3 Å². The molecular formula is C19H22ClN3. The van der Waals surface area contributed by atoms with Crippen molar-refractivity contribution in [3.63, 3.8) is 0 Å². The molecule has 5 rings (SSSR count). The molecule has 2 bridgehead atoms. The van der Waals surface area contributed by atoms with Crippen molar-refractivity contribution in [1.29, 1.82) is 0 Å². The molecule has 3 aliphatic heterocycles. The van der Waals surface area contributed by atoms with E-state index < -0.39 is 0 Å². The van der Waals surface area contributed by atoms with E-state index in [9.17, 15) is 0 Å². The molecule has 0 saturated carbocycles. The molecule has 4 heterocycles. The van der Waals surface area contributed by atoms with Gasteiger partial charge in [-0.2, -0.15) is 0 Å². The van der Waals surface area contributed by atoms with E-state index in [0.717, 1.165) is 27.9 Å². The summed E-state index contributed by atoms with van der Waals surface area (Å²) in [4.78, 5) is 7.22. The number of fused-ring (bicyclic) bond motifs is 3. The third kappa shape index (κ3) is 2.96. The fraction of sp³-hybridized carbons (Fsp3) is 0.421. The summed E-state index contributed by atoms with van der Waals surface area (Å²) in [6.07, 6.45) is 4.55. The number of piperidine rings is 3. The van der Waals surface area contributed by atoms with Crippen LogP contribution >= 0.6 is 11.6 Å². The van der Waals surface area contributed by atoms with Gasteiger partial charge < -0.3 is 5.32 Å². The zero-order chi connectivity index (χ0) is 15.8. The maximum absolute atomic E-state index is 6.07. The summed E-state index contributed by atoms with van der Waals surface area (Å²) >= 11 is 6.07. The van der Waals surface area contributed by atoms with Crippen LogP contribution in [-0.4, -0.2) is 35.1 Å². The summed E-state index contributed by atoms with van der Waals surface area (Å²) in [5.74, 6) is 1.76. The zero-order valence-corrected chi connectivity index (χ0v) is 14.1. The van der Waals surface area contributed by atoms with Gasteiger partial charge >= 0.3 is 0 Å². The minimum absolute atomic E-state index is 0.516. The first-order valence-electron chi connectivity index (χ1n) is 8.43. The minimum atomic E-state index is 0.516. The van der Waals surface area contributed by atoms with Crippen molar-refractivity contribution in [2.24, 2.45) is 5.92 Å². The van der Waals surface area contributed by atoms with Crippen LogP contribution in [0.1, 0.15) is 19.8 Å². The lowest BCUT2D eigenvalue weighted by molar-refractivity contribution is 0.0457. The van der Waals surface area contributed by atoms with Gasteiger partial charge in [0, 0.05) is 28.9 Å². The van der Waals surface area contributed by atoms with Gasteiger partial charge in [0.15, 0.2) is 0 Å². The summed E-state index contributed by atoms with van der Waals surface area (Å²) in [5, 5.41) is 4.43. The molecule has 1 aromatic heterocycles. The predicted octanol–water partition coefficient (Wildman–Crippen LogP) is 4.30. The number of hydrogen-bond acceptors (Lipinski definition) is 3. The van der Waals surface area contributed by atoms with Crippen molar-refractivity contribution >= 4 is 17.4 Å². The molecule has 0 aliphatic carbocycles. The number of anilines is 1. The summed E-state index contributed by atoms with van der Waals surface area (Å²) in [5.41, 5.74) is 2.20. The molecule has 2 atom stereocenters. The van der Waals surface area contributed by atoms with E-state index in [1.807, 2.05) is 24.4 Å². The molecule has 0 amide bonds. The fourth-order valence-electron chi connectivity index (χ4n) is 4.03. The Hall–Kier alpha value is -1.58. The quantitative estimate of drug-likeness (QED) is 0.911. The van der Waals surface area contributed by atoms with Gasteiger partial charge in [-0.25, -0.2) is 4.98 Å². The first kappa shape index (κ1) is 15.0. The van der Waals surface area contributed by atoms with Gasteiger partial charge in [-0.1, -0.05) is 23.7 Å². The minimum Gasteiger partial charge on any atom is -0.365 e. The molecule has 2 unspecified atom stereocenters. The van der Waals surface area contributed by atoms with E-state index in [4.69, 9.17) is 11.6 Å². The number of nitrogens with zero attached hydrogens (tertiary/aromatic N) is 2. The lowest BCUT2D eigenvalue weighted by Gasteiger charge is -2.50. The van der Waals surface area contributed by atoms with Crippen molar-refractivity contribution in [3.05, 3.63) is 47.6 Å². The Labute approximate surface area is 142 Å². The number of benzene rings is 1. The summed E-state index contributed by atoms with van der Waals surface area (Å²) in [6, 6.07) is 13.2. The molecular weight excluding hydrogens is 306 g/mol. The van der Waals surface area contributed by atoms with Gasteiger partial charge in [-0.15, -0.1) is 0 Å². The maximum Gasteiger partial charge on any atom is 0.126 e. The molecule has 2 aromatic rings. The van der Waals surface area contributed by atoms with Crippen LogP contribution in [0.3, 0.4) is 0 Å². The van der Waals surface area contributed by atoms with Crippen molar-refractivity contribution in [1.82, 2.24) is 9.88 Å². The van der Waals surface area contributed by atoms with E-state index in [0.29, 0.717) is 12.1 Å². The molecule has 4 heteroatoms. The van der Waals surface area contributed by atoms with E-state index in [-0.39, 0.29) is 0 Å². The summed E-state index contributed by atoms with van der Waals surface area (Å²) in [6.45, 7) is 4.85. The van der Waals surface area contributed by atoms with Gasteiger partial charge in [-0.3, -0.25) is 4.90 Å². The number of pyridine rings is 1. The molecule has 3 nitrogen and oxygen atoms in total. The van der Waals surface area contributed by atoms with Crippen LogP contribution in [-0.2, 0) is 0 Å². The number of aromatic nitrogens is 1.